The number of rotatable bonds is 2. The van der Waals surface area contributed by atoms with Gasteiger partial charge in [-0.25, -0.2) is 4.79 Å². The van der Waals surface area contributed by atoms with Gasteiger partial charge in [0, 0.05) is 12.3 Å². The molecule has 2 rings (SSSR count). The molecule has 0 spiro atoms. The summed E-state index contributed by atoms with van der Waals surface area (Å²) in [6.07, 6.45) is 4.24. The van der Waals surface area contributed by atoms with Crippen LogP contribution >= 0.6 is 0 Å². The average molecular weight is 316 g/mol. The fourth-order valence-corrected chi connectivity index (χ4v) is 1.85. The monoisotopic (exact) mass is 316 g/mol. The Hall–Kier alpha value is -1.44. The van der Waals surface area contributed by atoms with Gasteiger partial charge in [-0.15, -0.1) is 0 Å². The fraction of sp³-hybridized carbons (Fsp3) is 0.733. The molecule has 1 aliphatic rings. The molecule has 0 amide bonds. The van der Waals surface area contributed by atoms with Crippen molar-refractivity contribution >= 4 is 0 Å². The van der Waals surface area contributed by atoms with E-state index in [1.807, 2.05) is 13.8 Å². The number of nitrogens with zero attached hydrogens (tertiary/aromatic N) is 1. The Balaban J connectivity index is 0.000000540. The van der Waals surface area contributed by atoms with E-state index in [0.717, 1.165) is 19.3 Å². The highest BCUT2D eigenvalue weighted by Crippen LogP contribution is 2.28. The first-order valence-corrected chi connectivity index (χ1v) is 7.62. The summed E-state index contributed by atoms with van der Waals surface area (Å²) in [6.45, 7) is 8.66. The molecule has 7 nitrogen and oxygen atoms in total. The van der Waals surface area contributed by atoms with Crippen molar-refractivity contribution in [3.63, 3.8) is 0 Å². The van der Waals surface area contributed by atoms with Crippen LogP contribution in [0.25, 0.3) is 0 Å². The minimum Gasteiger partial charge on any atom is -0.366 e. The highest BCUT2D eigenvalue weighted by atomic mass is 16.5. The van der Waals surface area contributed by atoms with Crippen LogP contribution in [0.2, 0.25) is 0 Å². The summed E-state index contributed by atoms with van der Waals surface area (Å²) < 4.78 is 7.10. The zero-order valence-corrected chi connectivity index (χ0v) is 14.0. The van der Waals surface area contributed by atoms with Crippen LogP contribution in [0, 0.1) is 0 Å². The first kappa shape index (κ1) is 20.6. The second kappa shape index (κ2) is 9.55. The smallest absolute Gasteiger partial charge is 0.330 e. The fourth-order valence-electron chi connectivity index (χ4n) is 1.85. The summed E-state index contributed by atoms with van der Waals surface area (Å²) in [5, 5.41) is 16.2. The summed E-state index contributed by atoms with van der Waals surface area (Å²) in [4.78, 5) is 24.5. The molecule has 1 fully saturated rings. The van der Waals surface area contributed by atoms with Gasteiger partial charge in [-0.1, -0.05) is 20.8 Å². The van der Waals surface area contributed by atoms with Crippen molar-refractivity contribution in [3.05, 3.63) is 33.1 Å². The lowest BCUT2D eigenvalue weighted by molar-refractivity contribution is -0.127. The van der Waals surface area contributed by atoms with Crippen molar-refractivity contribution in [1.82, 2.24) is 9.55 Å². The van der Waals surface area contributed by atoms with E-state index in [1.165, 1.54) is 30.7 Å². The molecule has 1 aromatic rings. The Morgan fingerprint density at radius 2 is 1.86 bits per heavy atom. The summed E-state index contributed by atoms with van der Waals surface area (Å²) in [7, 11) is 0. The molecule has 1 saturated heterocycles. The second-order valence-electron chi connectivity index (χ2n) is 5.21. The van der Waals surface area contributed by atoms with Crippen molar-refractivity contribution in [2.24, 2.45) is 0 Å². The summed E-state index contributed by atoms with van der Waals surface area (Å²) in [5.41, 5.74) is -0.773. The van der Waals surface area contributed by atoms with Gasteiger partial charge in [-0.3, -0.25) is 14.3 Å². The molecule has 0 radical (unpaired) electrons. The molecule has 0 aromatic carbocycles. The maximum Gasteiger partial charge on any atom is 0.330 e. The quantitative estimate of drug-likeness (QED) is 0.715. The van der Waals surface area contributed by atoms with E-state index in [4.69, 9.17) is 14.9 Å². The molecular weight excluding hydrogens is 288 g/mol. The van der Waals surface area contributed by atoms with E-state index in [0.29, 0.717) is 0 Å². The lowest BCUT2D eigenvalue weighted by atomic mass is 10.2. The van der Waals surface area contributed by atoms with E-state index >= 15 is 0 Å². The van der Waals surface area contributed by atoms with Gasteiger partial charge in [0.1, 0.15) is 6.23 Å². The number of hydrogen-bond donors (Lipinski definition) is 3. The molecule has 2 heterocycles. The number of hydrogen-bond acceptors (Lipinski definition) is 5. The van der Waals surface area contributed by atoms with E-state index < -0.39 is 11.5 Å². The predicted molar refractivity (Wildman–Crippen MR) is 84.6 cm³/mol. The molecular formula is C15H28N2O5. The van der Waals surface area contributed by atoms with Crippen molar-refractivity contribution in [2.45, 2.75) is 72.0 Å². The maximum absolute atomic E-state index is 11.4. The minimum absolute atomic E-state index is 0.223. The number of aliphatic hydroxyl groups is 2. The summed E-state index contributed by atoms with van der Waals surface area (Å²) in [5.74, 6) is -1.50. The Morgan fingerprint density at radius 3 is 2.27 bits per heavy atom. The third-order valence-electron chi connectivity index (χ3n) is 2.70. The van der Waals surface area contributed by atoms with Gasteiger partial charge < -0.3 is 14.9 Å². The molecule has 1 aromatic heterocycles. The van der Waals surface area contributed by atoms with Crippen LogP contribution < -0.4 is 11.2 Å². The zero-order chi connectivity index (χ0) is 17.3. The standard InChI is InChI=1S/C10H14N2O3.C3H8O2.C2H6/c1-2-7-3-4-9(15-7)12-6-5-8(13)11-10(12)14;1-3(2,4)5;1-2/h5-7,9H,2-4H2,1H3,(H,11,13,14);4-5H,1-2H3;1-2H3. The van der Waals surface area contributed by atoms with Crippen LogP contribution in [-0.2, 0) is 4.74 Å². The van der Waals surface area contributed by atoms with Crippen LogP contribution in [-0.4, -0.2) is 31.7 Å². The van der Waals surface area contributed by atoms with Crippen LogP contribution in [0.3, 0.4) is 0 Å². The van der Waals surface area contributed by atoms with E-state index in [-0.39, 0.29) is 17.9 Å². The number of ether oxygens (including phenoxy) is 1. The van der Waals surface area contributed by atoms with Gasteiger partial charge in [-0.2, -0.15) is 0 Å². The third-order valence-corrected chi connectivity index (χ3v) is 2.70. The van der Waals surface area contributed by atoms with Crippen LogP contribution in [0.4, 0.5) is 0 Å². The lowest BCUT2D eigenvalue weighted by Crippen LogP contribution is -2.31. The van der Waals surface area contributed by atoms with Crippen molar-refractivity contribution in [1.29, 1.82) is 0 Å². The number of aromatic amines is 1. The first-order valence-electron chi connectivity index (χ1n) is 7.62. The van der Waals surface area contributed by atoms with Gasteiger partial charge in [0.2, 0.25) is 0 Å². The van der Waals surface area contributed by atoms with Crippen LogP contribution in [0.15, 0.2) is 21.9 Å². The van der Waals surface area contributed by atoms with Crippen molar-refractivity contribution in [3.8, 4) is 0 Å². The average Bonchev–Trinajstić information content (AvgIpc) is 2.88. The Labute approximate surface area is 130 Å². The maximum atomic E-state index is 11.4. The Bertz CT molecular complexity index is 524. The number of nitrogens with one attached hydrogen (secondary N) is 1. The largest absolute Gasteiger partial charge is 0.366 e. The molecule has 2 unspecified atom stereocenters. The summed E-state index contributed by atoms with van der Waals surface area (Å²) in [6, 6.07) is 1.34. The Morgan fingerprint density at radius 1 is 1.32 bits per heavy atom. The Kier molecular flexibility index (Phi) is 8.93. The molecule has 128 valence electrons. The third kappa shape index (κ3) is 8.11. The zero-order valence-electron chi connectivity index (χ0n) is 14.0. The molecule has 22 heavy (non-hydrogen) atoms. The highest BCUT2D eigenvalue weighted by molar-refractivity contribution is 4.85. The molecule has 2 atom stereocenters. The lowest BCUT2D eigenvalue weighted by Gasteiger charge is -2.14. The molecule has 1 aliphatic heterocycles. The second-order valence-corrected chi connectivity index (χ2v) is 5.21. The van der Waals surface area contributed by atoms with Gasteiger partial charge in [0.05, 0.1) is 6.10 Å². The van der Waals surface area contributed by atoms with Crippen LogP contribution in [0.5, 0.6) is 0 Å². The van der Waals surface area contributed by atoms with Gasteiger partial charge in [0.15, 0.2) is 5.79 Å². The van der Waals surface area contributed by atoms with E-state index in [2.05, 4.69) is 11.9 Å². The van der Waals surface area contributed by atoms with Gasteiger partial charge in [-0.05, 0) is 33.1 Å². The van der Waals surface area contributed by atoms with Crippen LogP contribution in [0.1, 0.15) is 60.1 Å². The molecule has 0 bridgehead atoms. The van der Waals surface area contributed by atoms with E-state index in [9.17, 15) is 9.59 Å². The molecule has 3 N–H and O–H groups in total. The van der Waals surface area contributed by atoms with Crippen molar-refractivity contribution < 1.29 is 14.9 Å². The molecule has 0 aliphatic carbocycles. The highest BCUT2D eigenvalue weighted by Gasteiger charge is 2.25. The SMILES string of the molecule is CC.CC(C)(O)O.CCC1CCC(n2ccc(=O)[nH]c2=O)O1. The predicted octanol–water partition coefficient (Wildman–Crippen LogP) is 1.36. The topological polar surface area (TPSA) is 105 Å². The van der Waals surface area contributed by atoms with Crippen molar-refractivity contribution in [2.75, 3.05) is 0 Å². The molecule has 0 saturated carbocycles. The minimum atomic E-state index is -1.50. The first-order chi connectivity index (χ1) is 10.2. The normalized spacial score (nSPS) is 20.5. The van der Waals surface area contributed by atoms with E-state index in [1.54, 1.807) is 0 Å². The number of H-pyrrole nitrogens is 1. The number of aromatic nitrogens is 2. The van der Waals surface area contributed by atoms with Gasteiger partial charge >= 0.3 is 5.69 Å². The molecule has 7 heteroatoms. The van der Waals surface area contributed by atoms with Gasteiger partial charge in [0.25, 0.3) is 5.56 Å². The summed E-state index contributed by atoms with van der Waals surface area (Å²) >= 11 is 0.